The molecule has 3 nitrogen and oxygen atoms in total. The number of imidazole rings is 1. The summed E-state index contributed by atoms with van der Waals surface area (Å²) < 4.78 is 26.2. The molecule has 1 aromatic carbocycles. The lowest BCUT2D eigenvalue weighted by atomic mass is 10.1. The molecule has 3 rings (SSSR count). The first-order valence-electron chi connectivity index (χ1n) is 6.34. The van der Waals surface area contributed by atoms with Gasteiger partial charge in [-0.1, -0.05) is 30.3 Å². The molecule has 0 aliphatic heterocycles. The van der Waals surface area contributed by atoms with Crippen molar-refractivity contribution >= 4 is 0 Å². The van der Waals surface area contributed by atoms with Crippen molar-refractivity contribution in [2.24, 2.45) is 0 Å². The van der Waals surface area contributed by atoms with Crippen molar-refractivity contribution in [2.45, 2.75) is 31.5 Å². The summed E-state index contributed by atoms with van der Waals surface area (Å²) >= 11 is 0. The molecule has 2 aromatic rings. The van der Waals surface area contributed by atoms with Crippen molar-refractivity contribution < 1.29 is 8.78 Å². The standard InChI is InChI=1S/C14H15F2N3/c15-14(16)19-7-6-17-13(19)9-18-12-8-11(12)10-4-2-1-3-5-10/h1-7,11-12,14,18H,8-9H2. The summed E-state index contributed by atoms with van der Waals surface area (Å²) in [6.45, 7) is -2.14. The van der Waals surface area contributed by atoms with Crippen LogP contribution in [-0.4, -0.2) is 15.6 Å². The summed E-state index contributed by atoms with van der Waals surface area (Å²) in [6.07, 6.45) is 3.77. The SMILES string of the molecule is FC(F)n1ccnc1CNC1CC1c1ccccc1. The van der Waals surface area contributed by atoms with E-state index in [4.69, 9.17) is 0 Å². The maximum absolute atomic E-state index is 12.6. The van der Waals surface area contributed by atoms with Crippen LogP contribution in [-0.2, 0) is 6.54 Å². The molecule has 100 valence electrons. The zero-order valence-electron chi connectivity index (χ0n) is 10.3. The molecule has 2 atom stereocenters. The molecule has 1 N–H and O–H groups in total. The van der Waals surface area contributed by atoms with Crippen molar-refractivity contribution in [3.8, 4) is 0 Å². The van der Waals surface area contributed by atoms with Gasteiger partial charge in [-0.25, -0.2) is 4.98 Å². The number of alkyl halides is 2. The van der Waals surface area contributed by atoms with Crippen LogP contribution in [0.4, 0.5) is 8.78 Å². The lowest BCUT2D eigenvalue weighted by molar-refractivity contribution is 0.0666. The Kier molecular flexibility index (Phi) is 3.29. The zero-order chi connectivity index (χ0) is 13.2. The summed E-state index contributed by atoms with van der Waals surface area (Å²) in [4.78, 5) is 3.96. The normalized spacial score (nSPS) is 21.8. The lowest BCUT2D eigenvalue weighted by Crippen LogP contribution is -2.20. The second-order valence-electron chi connectivity index (χ2n) is 4.77. The number of aromatic nitrogens is 2. The van der Waals surface area contributed by atoms with E-state index in [1.54, 1.807) is 0 Å². The number of nitrogens with one attached hydrogen (secondary N) is 1. The van der Waals surface area contributed by atoms with Crippen LogP contribution in [0.5, 0.6) is 0 Å². The highest BCUT2D eigenvalue weighted by molar-refractivity contribution is 5.27. The predicted molar refractivity (Wildman–Crippen MR) is 67.9 cm³/mol. The van der Waals surface area contributed by atoms with Crippen molar-refractivity contribution in [2.75, 3.05) is 0 Å². The molecule has 2 unspecified atom stereocenters. The minimum Gasteiger partial charge on any atom is -0.306 e. The Morgan fingerprint density at radius 1 is 1.32 bits per heavy atom. The Morgan fingerprint density at radius 3 is 2.84 bits per heavy atom. The van der Waals surface area contributed by atoms with E-state index in [1.807, 2.05) is 18.2 Å². The van der Waals surface area contributed by atoms with Gasteiger partial charge < -0.3 is 5.32 Å². The summed E-state index contributed by atoms with van der Waals surface area (Å²) in [5.41, 5.74) is 1.30. The monoisotopic (exact) mass is 263 g/mol. The van der Waals surface area contributed by atoms with Crippen LogP contribution >= 0.6 is 0 Å². The Labute approximate surface area is 110 Å². The Balaban J connectivity index is 1.56. The van der Waals surface area contributed by atoms with Gasteiger partial charge in [0.25, 0.3) is 0 Å². The van der Waals surface area contributed by atoms with E-state index in [2.05, 4.69) is 22.4 Å². The van der Waals surface area contributed by atoms with Crippen molar-refractivity contribution in [3.05, 3.63) is 54.1 Å². The fourth-order valence-electron chi connectivity index (χ4n) is 2.37. The summed E-state index contributed by atoms with van der Waals surface area (Å²) in [7, 11) is 0. The minimum atomic E-state index is -2.52. The first-order chi connectivity index (χ1) is 9.25. The summed E-state index contributed by atoms with van der Waals surface area (Å²) in [5, 5.41) is 3.29. The van der Waals surface area contributed by atoms with Crippen molar-refractivity contribution in [3.63, 3.8) is 0 Å². The molecule has 0 bridgehead atoms. The molecule has 5 heteroatoms. The Hall–Kier alpha value is -1.75. The molecule has 0 spiro atoms. The first kappa shape index (κ1) is 12.3. The molecule has 1 fully saturated rings. The fraction of sp³-hybridized carbons (Fsp3) is 0.357. The number of hydrogen-bond acceptors (Lipinski definition) is 2. The quantitative estimate of drug-likeness (QED) is 0.899. The van der Waals surface area contributed by atoms with Gasteiger partial charge >= 0.3 is 6.55 Å². The van der Waals surface area contributed by atoms with Gasteiger partial charge in [-0.05, 0) is 12.0 Å². The molecule has 1 aliphatic rings. The highest BCUT2D eigenvalue weighted by atomic mass is 19.3. The number of benzene rings is 1. The number of halogens is 2. The van der Waals surface area contributed by atoms with Gasteiger partial charge in [-0.2, -0.15) is 8.78 Å². The van der Waals surface area contributed by atoms with E-state index < -0.39 is 6.55 Å². The third-order valence-corrected chi connectivity index (χ3v) is 3.50. The average molecular weight is 263 g/mol. The number of rotatable bonds is 5. The van der Waals surface area contributed by atoms with E-state index >= 15 is 0 Å². The molecular weight excluding hydrogens is 248 g/mol. The van der Waals surface area contributed by atoms with Gasteiger partial charge in [-0.15, -0.1) is 0 Å². The largest absolute Gasteiger partial charge is 0.319 e. The van der Waals surface area contributed by atoms with E-state index in [1.165, 1.54) is 18.0 Å². The molecule has 1 saturated carbocycles. The summed E-state index contributed by atoms with van der Waals surface area (Å²) in [5.74, 6) is 0.880. The maximum Gasteiger partial charge on any atom is 0.319 e. The van der Waals surface area contributed by atoms with Gasteiger partial charge in [0, 0.05) is 24.4 Å². The van der Waals surface area contributed by atoms with Crippen molar-refractivity contribution in [1.29, 1.82) is 0 Å². The van der Waals surface area contributed by atoms with Crippen LogP contribution in [0.25, 0.3) is 0 Å². The number of hydrogen-bond donors (Lipinski definition) is 1. The molecule has 0 amide bonds. The predicted octanol–water partition coefficient (Wildman–Crippen LogP) is 2.92. The minimum absolute atomic E-state index is 0.366. The molecule has 0 saturated heterocycles. The zero-order valence-corrected chi connectivity index (χ0v) is 10.3. The second kappa shape index (κ2) is 5.09. The van der Waals surface area contributed by atoms with Gasteiger partial charge in [-0.3, -0.25) is 4.57 Å². The molecule has 1 aliphatic carbocycles. The van der Waals surface area contributed by atoms with E-state index in [0.29, 0.717) is 24.3 Å². The first-order valence-corrected chi connectivity index (χ1v) is 6.34. The highest BCUT2D eigenvalue weighted by Gasteiger charge is 2.37. The Bertz CT molecular complexity index is 539. The second-order valence-corrected chi connectivity index (χ2v) is 4.77. The van der Waals surface area contributed by atoms with Gasteiger partial charge in [0.15, 0.2) is 0 Å². The lowest BCUT2D eigenvalue weighted by Gasteiger charge is -2.07. The smallest absolute Gasteiger partial charge is 0.306 e. The third kappa shape index (κ3) is 2.66. The van der Waals surface area contributed by atoms with Crippen LogP contribution in [0.15, 0.2) is 42.7 Å². The summed E-state index contributed by atoms with van der Waals surface area (Å²) in [6, 6.07) is 10.6. The van der Waals surface area contributed by atoms with Crippen LogP contribution in [0.2, 0.25) is 0 Å². The molecule has 1 heterocycles. The Morgan fingerprint density at radius 2 is 2.11 bits per heavy atom. The van der Waals surface area contributed by atoms with Gasteiger partial charge in [0.2, 0.25) is 0 Å². The van der Waals surface area contributed by atoms with Crippen LogP contribution in [0, 0.1) is 0 Å². The number of nitrogens with zero attached hydrogens (tertiary/aromatic N) is 2. The van der Waals surface area contributed by atoms with Gasteiger partial charge in [0.1, 0.15) is 5.82 Å². The maximum atomic E-state index is 12.6. The van der Waals surface area contributed by atoms with Crippen LogP contribution < -0.4 is 5.32 Å². The van der Waals surface area contributed by atoms with Crippen LogP contribution in [0.1, 0.15) is 30.3 Å². The fourth-order valence-corrected chi connectivity index (χ4v) is 2.37. The van der Waals surface area contributed by atoms with E-state index in [0.717, 1.165) is 11.0 Å². The molecule has 1 aromatic heterocycles. The molecule has 0 radical (unpaired) electrons. The average Bonchev–Trinajstić information content (AvgIpc) is 3.05. The third-order valence-electron chi connectivity index (χ3n) is 3.50. The highest BCUT2D eigenvalue weighted by Crippen LogP contribution is 2.40. The molecular formula is C14H15F2N3. The van der Waals surface area contributed by atoms with E-state index in [9.17, 15) is 8.78 Å². The van der Waals surface area contributed by atoms with Crippen LogP contribution in [0.3, 0.4) is 0 Å². The molecule has 19 heavy (non-hydrogen) atoms. The van der Waals surface area contributed by atoms with Crippen molar-refractivity contribution in [1.82, 2.24) is 14.9 Å². The van der Waals surface area contributed by atoms with E-state index in [-0.39, 0.29) is 0 Å². The van der Waals surface area contributed by atoms with Gasteiger partial charge in [0.05, 0.1) is 6.54 Å². The topological polar surface area (TPSA) is 29.9 Å².